The lowest BCUT2D eigenvalue weighted by molar-refractivity contribution is 0.0995. The van der Waals surface area contributed by atoms with Crippen LogP contribution in [0.15, 0.2) is 41.0 Å². The molecule has 0 spiro atoms. The van der Waals surface area contributed by atoms with Crippen molar-refractivity contribution in [2.24, 2.45) is 4.99 Å². The molecule has 0 aliphatic heterocycles. The van der Waals surface area contributed by atoms with Gasteiger partial charge in [-0.25, -0.2) is 4.98 Å². The van der Waals surface area contributed by atoms with Gasteiger partial charge in [-0.1, -0.05) is 11.6 Å². The number of ether oxygens (including phenoxy) is 1. The molecule has 24 heavy (non-hydrogen) atoms. The Morgan fingerprint density at radius 2 is 2.29 bits per heavy atom. The molecule has 5 nitrogen and oxygen atoms in total. The van der Waals surface area contributed by atoms with Crippen LogP contribution in [0.5, 0.6) is 5.75 Å². The number of amides is 1. The lowest BCUT2D eigenvalue weighted by Crippen LogP contribution is -2.17. The van der Waals surface area contributed by atoms with E-state index in [4.69, 9.17) is 16.3 Å². The van der Waals surface area contributed by atoms with Crippen LogP contribution in [0.3, 0.4) is 0 Å². The van der Waals surface area contributed by atoms with Crippen molar-refractivity contribution in [2.45, 2.75) is 13.5 Å². The summed E-state index contributed by atoms with van der Waals surface area (Å²) in [5, 5.41) is 3.35. The summed E-state index contributed by atoms with van der Waals surface area (Å²) in [6.07, 6.45) is 3.73. The first-order valence-corrected chi connectivity index (χ1v) is 9.12. The van der Waals surface area contributed by atoms with Gasteiger partial charge in [-0.2, -0.15) is 4.99 Å². The average Bonchev–Trinajstić information content (AvgIpc) is 3.18. The number of nitrogens with zero attached hydrogens (tertiary/aromatic N) is 3. The highest BCUT2D eigenvalue weighted by molar-refractivity contribution is 7.09. The third kappa shape index (κ3) is 3.75. The van der Waals surface area contributed by atoms with Crippen molar-refractivity contribution >= 4 is 40.2 Å². The van der Waals surface area contributed by atoms with Gasteiger partial charge in [-0.3, -0.25) is 4.79 Å². The minimum Gasteiger partial charge on any atom is -0.496 e. The van der Waals surface area contributed by atoms with E-state index in [2.05, 4.69) is 9.98 Å². The maximum absolute atomic E-state index is 12.6. The minimum atomic E-state index is -0.385. The summed E-state index contributed by atoms with van der Waals surface area (Å²) in [5.41, 5.74) is 0.344. The van der Waals surface area contributed by atoms with Crippen molar-refractivity contribution in [1.29, 1.82) is 0 Å². The Balaban J connectivity index is 1.99. The predicted octanol–water partition coefficient (Wildman–Crippen LogP) is 3.77. The molecule has 0 saturated carbocycles. The molecule has 0 saturated heterocycles. The molecule has 0 fully saturated rings. The molecule has 2 aromatic heterocycles. The molecule has 124 valence electrons. The van der Waals surface area contributed by atoms with Crippen LogP contribution in [0.1, 0.15) is 20.2 Å². The molecule has 3 aromatic rings. The van der Waals surface area contributed by atoms with E-state index in [0.717, 1.165) is 9.88 Å². The molecule has 2 heterocycles. The number of aromatic nitrogens is 2. The summed E-state index contributed by atoms with van der Waals surface area (Å²) >= 11 is 9.02. The van der Waals surface area contributed by atoms with Crippen LogP contribution in [-0.2, 0) is 6.54 Å². The van der Waals surface area contributed by atoms with Gasteiger partial charge in [0.1, 0.15) is 10.8 Å². The number of carbonyl (C=O) groups is 1. The summed E-state index contributed by atoms with van der Waals surface area (Å²) < 4.78 is 7.15. The maximum Gasteiger partial charge on any atom is 0.283 e. The Hall–Kier alpha value is -1.96. The fourth-order valence-electron chi connectivity index (χ4n) is 2.18. The topological polar surface area (TPSA) is 56.5 Å². The molecular formula is C16H14ClN3O2S2. The van der Waals surface area contributed by atoms with Crippen LogP contribution in [0.25, 0.3) is 0 Å². The molecule has 0 aliphatic rings. The van der Waals surface area contributed by atoms with E-state index in [1.54, 1.807) is 35.7 Å². The number of rotatable bonds is 4. The number of thiazole rings is 2. The predicted molar refractivity (Wildman–Crippen MR) is 96.2 cm³/mol. The first kappa shape index (κ1) is 16.9. The van der Waals surface area contributed by atoms with Crippen molar-refractivity contribution in [1.82, 2.24) is 9.55 Å². The molecule has 0 radical (unpaired) electrons. The maximum atomic E-state index is 12.6. The van der Waals surface area contributed by atoms with Crippen molar-refractivity contribution in [3.05, 3.63) is 61.2 Å². The summed E-state index contributed by atoms with van der Waals surface area (Å²) in [6.45, 7) is 2.56. The third-order valence-corrected chi connectivity index (χ3v) is 5.15. The van der Waals surface area contributed by atoms with E-state index >= 15 is 0 Å². The SMILES string of the molecule is COc1ccc(Cl)cc1C(=O)/N=c1\sc(C)cn1Cc1nccs1. The lowest BCUT2D eigenvalue weighted by atomic mass is 10.2. The zero-order valence-electron chi connectivity index (χ0n) is 13.0. The highest BCUT2D eigenvalue weighted by Gasteiger charge is 2.13. The zero-order valence-corrected chi connectivity index (χ0v) is 15.4. The summed E-state index contributed by atoms with van der Waals surface area (Å²) in [5.74, 6) is 0.0667. The van der Waals surface area contributed by atoms with Crippen LogP contribution >= 0.6 is 34.3 Å². The number of carbonyl (C=O) groups excluding carboxylic acids is 1. The minimum absolute atomic E-state index is 0.344. The number of aryl methyl sites for hydroxylation is 1. The fraction of sp³-hybridized carbons (Fsp3) is 0.188. The van der Waals surface area contributed by atoms with Crippen molar-refractivity contribution in [2.75, 3.05) is 7.11 Å². The van der Waals surface area contributed by atoms with E-state index in [9.17, 15) is 4.79 Å². The van der Waals surface area contributed by atoms with Gasteiger partial charge in [0.2, 0.25) is 0 Å². The van der Waals surface area contributed by atoms with E-state index in [0.29, 0.717) is 27.7 Å². The van der Waals surface area contributed by atoms with Crippen molar-refractivity contribution in [3.8, 4) is 5.75 Å². The molecule has 0 unspecified atom stereocenters. The van der Waals surface area contributed by atoms with Gasteiger partial charge in [-0.05, 0) is 25.1 Å². The zero-order chi connectivity index (χ0) is 17.1. The standard InChI is InChI=1S/C16H14ClN3O2S2/c1-10-8-20(9-14-18-5-6-23-14)16(24-10)19-15(21)12-7-11(17)3-4-13(12)22-2/h3-8H,9H2,1-2H3/b19-16-. The number of hydrogen-bond acceptors (Lipinski definition) is 5. The number of halogens is 1. The van der Waals surface area contributed by atoms with E-state index in [1.807, 2.05) is 23.1 Å². The second kappa shape index (κ2) is 7.29. The van der Waals surface area contributed by atoms with Crippen LogP contribution in [0.4, 0.5) is 0 Å². The summed E-state index contributed by atoms with van der Waals surface area (Å²) in [6, 6.07) is 4.90. The average molecular weight is 380 g/mol. The van der Waals surface area contributed by atoms with Gasteiger partial charge in [-0.15, -0.1) is 22.7 Å². The van der Waals surface area contributed by atoms with Gasteiger partial charge in [0.15, 0.2) is 4.80 Å². The van der Waals surface area contributed by atoms with Crippen LogP contribution in [-0.4, -0.2) is 22.6 Å². The van der Waals surface area contributed by atoms with Gasteiger partial charge in [0.05, 0.1) is 19.2 Å². The molecule has 0 bridgehead atoms. The van der Waals surface area contributed by atoms with Gasteiger partial charge < -0.3 is 9.30 Å². The summed E-state index contributed by atoms with van der Waals surface area (Å²) in [4.78, 5) is 22.8. The van der Waals surface area contributed by atoms with Crippen LogP contribution in [0.2, 0.25) is 5.02 Å². The fourth-order valence-corrected chi connectivity index (χ4v) is 3.79. The lowest BCUT2D eigenvalue weighted by Gasteiger charge is -2.05. The molecule has 0 aliphatic carbocycles. The van der Waals surface area contributed by atoms with E-state index < -0.39 is 0 Å². The first-order valence-electron chi connectivity index (χ1n) is 7.04. The second-order valence-corrected chi connectivity index (χ2v) is 7.57. The van der Waals surface area contributed by atoms with E-state index in [1.165, 1.54) is 18.4 Å². The Morgan fingerprint density at radius 1 is 1.46 bits per heavy atom. The van der Waals surface area contributed by atoms with Crippen molar-refractivity contribution in [3.63, 3.8) is 0 Å². The number of benzene rings is 1. The molecule has 0 N–H and O–H groups in total. The molecule has 3 rings (SSSR count). The molecule has 1 amide bonds. The van der Waals surface area contributed by atoms with E-state index in [-0.39, 0.29) is 5.91 Å². The Kier molecular flexibility index (Phi) is 5.13. The van der Waals surface area contributed by atoms with Gasteiger partial charge in [0, 0.05) is 27.7 Å². The molecular weight excluding hydrogens is 366 g/mol. The molecule has 0 atom stereocenters. The van der Waals surface area contributed by atoms with Gasteiger partial charge in [0.25, 0.3) is 5.91 Å². The monoisotopic (exact) mass is 379 g/mol. The molecule has 1 aromatic carbocycles. The molecule has 8 heteroatoms. The largest absolute Gasteiger partial charge is 0.496 e. The normalized spacial score (nSPS) is 11.7. The number of methoxy groups -OCH3 is 1. The summed E-state index contributed by atoms with van der Waals surface area (Å²) in [7, 11) is 1.51. The smallest absolute Gasteiger partial charge is 0.283 e. The third-order valence-electron chi connectivity index (χ3n) is 3.21. The van der Waals surface area contributed by atoms with Crippen molar-refractivity contribution < 1.29 is 9.53 Å². The Labute approximate surface area is 151 Å². The highest BCUT2D eigenvalue weighted by Crippen LogP contribution is 2.23. The highest BCUT2D eigenvalue weighted by atomic mass is 35.5. The van der Waals surface area contributed by atoms with Crippen LogP contribution < -0.4 is 9.54 Å². The quantitative estimate of drug-likeness (QED) is 0.693. The Bertz CT molecular complexity index is 929. The second-order valence-electron chi connectivity index (χ2n) is 4.94. The first-order chi connectivity index (χ1) is 11.6. The van der Waals surface area contributed by atoms with Crippen LogP contribution in [0, 0.1) is 6.92 Å². The number of hydrogen-bond donors (Lipinski definition) is 0. The van der Waals surface area contributed by atoms with Gasteiger partial charge >= 0.3 is 0 Å². The Morgan fingerprint density at radius 3 is 3.00 bits per heavy atom.